The molecule has 6 nitrogen and oxygen atoms in total. The van der Waals surface area contributed by atoms with Crippen LogP contribution in [0, 0.1) is 0 Å². The number of benzene rings is 1. The molecule has 1 amide bonds. The molecule has 0 aliphatic carbocycles. The number of alkyl halides is 1. The fraction of sp³-hybridized carbons (Fsp3) is 0.467. The van der Waals surface area contributed by atoms with E-state index < -0.39 is 34.7 Å². The fourth-order valence-corrected chi connectivity index (χ4v) is 3.74. The summed E-state index contributed by atoms with van der Waals surface area (Å²) < 4.78 is 5.27. The molecule has 0 unspecified atom stereocenters. The van der Waals surface area contributed by atoms with E-state index in [1.807, 2.05) is 0 Å². The van der Waals surface area contributed by atoms with E-state index in [4.69, 9.17) is 22.1 Å². The zero-order chi connectivity index (χ0) is 16.2. The Kier molecular flexibility index (Phi) is 3.25. The van der Waals surface area contributed by atoms with Crippen LogP contribution < -0.4 is 11.1 Å². The predicted octanol–water partition coefficient (Wildman–Crippen LogP) is 0.230. The summed E-state index contributed by atoms with van der Waals surface area (Å²) in [6.07, 6.45) is -1.13. The van der Waals surface area contributed by atoms with E-state index in [0.717, 1.165) is 0 Å². The number of ether oxygens (including phenoxy) is 1. The lowest BCUT2D eigenvalue weighted by Crippen LogP contribution is -2.81. The lowest BCUT2D eigenvalue weighted by atomic mass is 9.63. The lowest BCUT2D eigenvalue weighted by Gasteiger charge is -2.55. The van der Waals surface area contributed by atoms with Gasteiger partial charge in [-0.3, -0.25) is 4.79 Å². The monoisotopic (exact) mass is 324 g/mol. The third-order valence-corrected chi connectivity index (χ3v) is 5.14. The Labute approximate surface area is 132 Å². The number of carbonyl (C=O) groups excluding carboxylic acids is 2. The Bertz CT molecular complexity index is 640. The first-order valence-electron chi connectivity index (χ1n) is 6.97. The molecule has 2 saturated heterocycles. The van der Waals surface area contributed by atoms with Crippen LogP contribution in [0.25, 0.3) is 0 Å². The standard InChI is InChI=1S/C15H17ClN2O4/c1-13-14(17,7-8-16)11(20)18-15(13,12(21)22-13)10(19)9-5-3-2-4-6-9/h2-6,10,19H,7-8,17H2,1H3,(H,18,20)/t10-,13+,14-,15+/m1/s1. The van der Waals surface area contributed by atoms with Crippen LogP contribution in [-0.4, -0.2) is 39.5 Å². The molecule has 2 aliphatic rings. The highest BCUT2D eigenvalue weighted by Crippen LogP contribution is 2.56. The molecule has 2 heterocycles. The molecule has 0 radical (unpaired) electrons. The van der Waals surface area contributed by atoms with E-state index in [9.17, 15) is 14.7 Å². The van der Waals surface area contributed by atoms with E-state index in [2.05, 4.69) is 5.32 Å². The number of carbonyl (C=O) groups is 2. The molecule has 4 N–H and O–H groups in total. The average Bonchev–Trinajstić information content (AvgIpc) is 2.64. The molecule has 0 aromatic heterocycles. The van der Waals surface area contributed by atoms with E-state index in [-0.39, 0.29) is 12.3 Å². The first-order valence-corrected chi connectivity index (χ1v) is 7.51. The lowest BCUT2D eigenvalue weighted by molar-refractivity contribution is -0.238. The van der Waals surface area contributed by atoms with Gasteiger partial charge in [-0.15, -0.1) is 11.6 Å². The summed E-state index contributed by atoms with van der Waals surface area (Å²) in [6.45, 7) is 1.56. The van der Waals surface area contributed by atoms with Crippen LogP contribution in [0.1, 0.15) is 25.0 Å². The summed E-state index contributed by atoms with van der Waals surface area (Å²) in [5, 5.41) is 13.3. The SMILES string of the molecule is C[C@@]12OC(=O)[C@]1([C@H](O)c1ccccc1)NC(=O)[C@]2(N)CCCl. The van der Waals surface area contributed by atoms with Gasteiger partial charge in [0.1, 0.15) is 11.6 Å². The van der Waals surface area contributed by atoms with Crippen molar-refractivity contribution in [3.8, 4) is 0 Å². The van der Waals surface area contributed by atoms with Crippen LogP contribution in [0.2, 0.25) is 0 Å². The molecule has 0 bridgehead atoms. The highest BCUT2D eigenvalue weighted by Gasteiger charge is 2.83. The maximum Gasteiger partial charge on any atom is 0.340 e. The number of aliphatic hydroxyl groups excluding tert-OH is 1. The van der Waals surface area contributed by atoms with Gasteiger partial charge in [0.25, 0.3) is 0 Å². The molecular weight excluding hydrogens is 308 g/mol. The molecular formula is C15H17ClN2O4. The maximum atomic E-state index is 12.4. The van der Waals surface area contributed by atoms with Crippen molar-refractivity contribution in [3.05, 3.63) is 35.9 Å². The largest absolute Gasteiger partial charge is 0.452 e. The van der Waals surface area contributed by atoms with Crippen molar-refractivity contribution in [3.63, 3.8) is 0 Å². The van der Waals surface area contributed by atoms with Crippen molar-refractivity contribution in [2.75, 3.05) is 5.88 Å². The Hall–Kier alpha value is -1.63. The van der Waals surface area contributed by atoms with Crippen molar-refractivity contribution in [2.24, 2.45) is 5.73 Å². The quantitative estimate of drug-likeness (QED) is 0.543. The van der Waals surface area contributed by atoms with Crippen LogP contribution in [0.4, 0.5) is 0 Å². The summed E-state index contributed by atoms with van der Waals surface area (Å²) in [4.78, 5) is 24.6. The molecule has 7 heteroatoms. The highest BCUT2D eigenvalue weighted by molar-refractivity contribution is 6.18. The van der Waals surface area contributed by atoms with Gasteiger partial charge in [-0.1, -0.05) is 30.3 Å². The number of nitrogens with one attached hydrogen (secondary N) is 1. The Morgan fingerprint density at radius 3 is 2.55 bits per heavy atom. The van der Waals surface area contributed by atoms with E-state index in [0.29, 0.717) is 5.56 Å². The summed E-state index contributed by atoms with van der Waals surface area (Å²) in [5.74, 6) is -1.10. The zero-order valence-corrected chi connectivity index (χ0v) is 12.8. The van der Waals surface area contributed by atoms with Crippen LogP contribution in [0.5, 0.6) is 0 Å². The van der Waals surface area contributed by atoms with Crippen molar-refractivity contribution in [1.29, 1.82) is 0 Å². The molecule has 0 saturated carbocycles. The number of hydrogen-bond donors (Lipinski definition) is 3. The second kappa shape index (κ2) is 4.68. The Morgan fingerprint density at radius 2 is 2.00 bits per heavy atom. The Morgan fingerprint density at radius 1 is 1.36 bits per heavy atom. The number of halogens is 1. The van der Waals surface area contributed by atoms with Crippen molar-refractivity contribution < 1.29 is 19.4 Å². The number of amides is 1. The number of rotatable bonds is 4. The Balaban J connectivity index is 2.09. The molecule has 3 rings (SSSR count). The second-order valence-corrected chi connectivity index (χ2v) is 6.29. The average molecular weight is 325 g/mol. The summed E-state index contributed by atoms with van der Waals surface area (Å²) in [7, 11) is 0. The van der Waals surface area contributed by atoms with Gasteiger partial charge in [0.15, 0.2) is 5.60 Å². The fourth-order valence-electron chi connectivity index (χ4n) is 3.44. The molecule has 1 aromatic carbocycles. The van der Waals surface area contributed by atoms with Gasteiger partial charge in [-0.25, -0.2) is 4.79 Å². The minimum Gasteiger partial charge on any atom is -0.452 e. The maximum absolute atomic E-state index is 12.4. The van der Waals surface area contributed by atoms with Gasteiger partial charge in [0.05, 0.1) is 0 Å². The predicted molar refractivity (Wildman–Crippen MR) is 79.0 cm³/mol. The van der Waals surface area contributed by atoms with E-state index in [1.54, 1.807) is 37.3 Å². The van der Waals surface area contributed by atoms with Gasteiger partial charge >= 0.3 is 5.97 Å². The van der Waals surface area contributed by atoms with Gasteiger partial charge in [-0.05, 0) is 18.9 Å². The number of esters is 1. The number of aliphatic hydroxyl groups is 1. The van der Waals surface area contributed by atoms with Gasteiger partial charge in [0, 0.05) is 5.88 Å². The van der Waals surface area contributed by atoms with E-state index in [1.165, 1.54) is 0 Å². The van der Waals surface area contributed by atoms with Crippen LogP contribution in [0.15, 0.2) is 30.3 Å². The van der Waals surface area contributed by atoms with Crippen molar-refractivity contribution in [2.45, 2.75) is 36.1 Å². The molecule has 0 spiro atoms. The third kappa shape index (κ3) is 1.52. The molecule has 4 atom stereocenters. The number of nitrogens with two attached hydrogens (primary N) is 1. The number of hydrogen-bond acceptors (Lipinski definition) is 5. The number of fused-ring (bicyclic) bond motifs is 1. The van der Waals surface area contributed by atoms with Crippen molar-refractivity contribution >= 4 is 23.5 Å². The van der Waals surface area contributed by atoms with E-state index >= 15 is 0 Å². The second-order valence-electron chi connectivity index (χ2n) is 5.91. The highest BCUT2D eigenvalue weighted by atomic mass is 35.5. The first-order chi connectivity index (χ1) is 10.3. The molecule has 1 aromatic rings. The van der Waals surface area contributed by atoms with Crippen LogP contribution in [-0.2, 0) is 14.3 Å². The molecule has 118 valence electrons. The minimum absolute atomic E-state index is 0.132. The zero-order valence-electron chi connectivity index (χ0n) is 12.0. The third-order valence-electron chi connectivity index (χ3n) is 4.95. The van der Waals surface area contributed by atoms with Crippen LogP contribution in [0.3, 0.4) is 0 Å². The molecule has 2 aliphatic heterocycles. The van der Waals surface area contributed by atoms with Crippen LogP contribution >= 0.6 is 11.6 Å². The first kappa shape index (κ1) is 15.3. The van der Waals surface area contributed by atoms with Gasteiger partial charge < -0.3 is 20.9 Å². The normalized spacial score (nSPS) is 37.8. The smallest absolute Gasteiger partial charge is 0.340 e. The summed E-state index contributed by atoms with van der Waals surface area (Å²) in [6, 6.07) is 8.62. The van der Waals surface area contributed by atoms with Crippen molar-refractivity contribution in [1.82, 2.24) is 5.32 Å². The molecule has 2 fully saturated rings. The minimum atomic E-state index is -1.59. The topological polar surface area (TPSA) is 102 Å². The van der Waals surface area contributed by atoms with Gasteiger partial charge in [0.2, 0.25) is 11.4 Å². The summed E-state index contributed by atoms with van der Waals surface area (Å²) >= 11 is 5.75. The molecule has 22 heavy (non-hydrogen) atoms. The van der Waals surface area contributed by atoms with Gasteiger partial charge in [-0.2, -0.15) is 0 Å². The summed E-state index contributed by atoms with van der Waals surface area (Å²) in [5.41, 5.74) is 2.28.